The van der Waals surface area contributed by atoms with Crippen LogP contribution in [-0.4, -0.2) is 61.5 Å². The summed E-state index contributed by atoms with van der Waals surface area (Å²) >= 11 is 0. The van der Waals surface area contributed by atoms with Gasteiger partial charge in [-0.3, -0.25) is 14.6 Å². The van der Waals surface area contributed by atoms with Gasteiger partial charge in [0.15, 0.2) is 5.78 Å². The number of hydrogen-bond donors (Lipinski definition) is 0. The Morgan fingerprint density at radius 3 is 2.12 bits per heavy atom. The van der Waals surface area contributed by atoms with Crippen molar-refractivity contribution in [2.24, 2.45) is 0 Å². The summed E-state index contributed by atoms with van der Waals surface area (Å²) in [6.07, 6.45) is 1.39. The zero-order valence-electron chi connectivity index (χ0n) is 20.6. The van der Waals surface area contributed by atoms with Gasteiger partial charge in [0.25, 0.3) is 0 Å². The van der Waals surface area contributed by atoms with Crippen LogP contribution in [0.25, 0.3) is 11.1 Å². The van der Waals surface area contributed by atoms with Gasteiger partial charge in [-0.05, 0) is 49.2 Å². The highest BCUT2D eigenvalue weighted by Gasteiger charge is 2.45. The molecule has 1 aliphatic rings. The molecule has 1 fully saturated rings. The number of hydrogen-bond acceptors (Lipinski definition) is 4. The van der Waals surface area contributed by atoms with Crippen molar-refractivity contribution < 1.29 is 9.53 Å². The molecule has 0 spiro atoms. The molecule has 0 amide bonds. The quantitative estimate of drug-likeness (QED) is 0.440. The average Bonchev–Trinajstić information content (AvgIpc) is 2.89. The fourth-order valence-corrected chi connectivity index (χ4v) is 5.22. The number of carbonyl (C=O) groups is 1. The molecular formula is C30H36N2O2. The molecular weight excluding hydrogens is 420 g/mol. The van der Waals surface area contributed by atoms with E-state index in [0.29, 0.717) is 19.6 Å². The smallest absolute Gasteiger partial charge is 0.174 e. The zero-order chi connectivity index (χ0) is 24.0. The molecule has 2 atom stereocenters. The van der Waals surface area contributed by atoms with Crippen LogP contribution in [0.2, 0.25) is 0 Å². The van der Waals surface area contributed by atoms with Gasteiger partial charge >= 0.3 is 0 Å². The highest BCUT2D eigenvalue weighted by Crippen LogP contribution is 2.36. The predicted octanol–water partition coefficient (Wildman–Crippen LogP) is 5.25. The van der Waals surface area contributed by atoms with E-state index in [1.807, 2.05) is 38.4 Å². The van der Waals surface area contributed by atoms with Crippen molar-refractivity contribution in [3.63, 3.8) is 0 Å². The fraction of sp³-hybridized carbons (Fsp3) is 0.367. The molecule has 0 aliphatic carbocycles. The molecule has 4 rings (SSSR count). The molecule has 0 radical (unpaired) electrons. The maximum Gasteiger partial charge on any atom is 0.174 e. The van der Waals surface area contributed by atoms with Crippen molar-refractivity contribution in [2.75, 3.05) is 40.4 Å². The Balaban J connectivity index is 1.77. The van der Waals surface area contributed by atoms with Crippen LogP contribution in [0.5, 0.6) is 0 Å². The Kier molecular flexibility index (Phi) is 7.94. The van der Waals surface area contributed by atoms with Crippen molar-refractivity contribution >= 4 is 5.78 Å². The van der Waals surface area contributed by atoms with Crippen LogP contribution in [0.15, 0.2) is 84.9 Å². The molecule has 3 aromatic carbocycles. The minimum atomic E-state index is -0.635. The van der Waals surface area contributed by atoms with Gasteiger partial charge in [-0.25, -0.2) is 0 Å². The lowest BCUT2D eigenvalue weighted by atomic mass is 9.76. The van der Waals surface area contributed by atoms with E-state index >= 15 is 0 Å². The minimum Gasteiger partial charge on any atom is -0.379 e. The molecule has 4 heteroatoms. The van der Waals surface area contributed by atoms with Gasteiger partial charge in [0.1, 0.15) is 0 Å². The summed E-state index contributed by atoms with van der Waals surface area (Å²) in [5, 5.41) is 0. The van der Waals surface area contributed by atoms with Crippen molar-refractivity contribution in [1.82, 2.24) is 9.80 Å². The molecule has 0 aromatic heterocycles. The Morgan fingerprint density at radius 2 is 1.50 bits per heavy atom. The Hall–Kier alpha value is -2.79. The summed E-state index contributed by atoms with van der Waals surface area (Å²) < 4.78 is 5.62. The maximum atomic E-state index is 14.7. The highest BCUT2D eigenvalue weighted by molar-refractivity contribution is 5.94. The van der Waals surface area contributed by atoms with Gasteiger partial charge in [-0.15, -0.1) is 0 Å². The fourth-order valence-electron chi connectivity index (χ4n) is 5.22. The normalized spacial score (nSPS) is 17.3. The Morgan fingerprint density at radius 1 is 0.912 bits per heavy atom. The van der Waals surface area contributed by atoms with Crippen LogP contribution in [0.4, 0.5) is 0 Å². The van der Waals surface area contributed by atoms with Gasteiger partial charge in [-0.1, -0.05) is 91.9 Å². The van der Waals surface area contributed by atoms with Crippen molar-refractivity contribution in [2.45, 2.75) is 31.3 Å². The average molecular weight is 457 g/mol. The summed E-state index contributed by atoms with van der Waals surface area (Å²) in [6, 6.07) is 28.9. The monoisotopic (exact) mass is 456 g/mol. The number of nitrogens with zero attached hydrogens (tertiary/aromatic N) is 2. The van der Waals surface area contributed by atoms with Crippen LogP contribution < -0.4 is 0 Å². The van der Waals surface area contributed by atoms with Crippen molar-refractivity contribution in [3.05, 3.63) is 96.1 Å². The first-order valence-corrected chi connectivity index (χ1v) is 12.3. The highest BCUT2D eigenvalue weighted by atomic mass is 16.5. The third-order valence-electron chi connectivity index (χ3n) is 7.26. The molecule has 0 saturated carbocycles. The predicted molar refractivity (Wildman–Crippen MR) is 139 cm³/mol. The van der Waals surface area contributed by atoms with E-state index in [9.17, 15) is 4.79 Å². The molecule has 0 N–H and O–H groups in total. The Labute approximate surface area is 204 Å². The van der Waals surface area contributed by atoms with Gasteiger partial charge < -0.3 is 4.74 Å². The first kappa shape index (κ1) is 24.3. The molecule has 178 valence electrons. The molecule has 1 aliphatic heterocycles. The summed E-state index contributed by atoms with van der Waals surface area (Å²) in [6.45, 7) is 4.99. The summed E-state index contributed by atoms with van der Waals surface area (Å²) in [5.41, 5.74) is 4.00. The van der Waals surface area contributed by atoms with Crippen LogP contribution in [0, 0.1) is 0 Å². The van der Waals surface area contributed by atoms with Crippen LogP contribution in [-0.2, 0) is 16.0 Å². The molecule has 1 saturated heterocycles. The third kappa shape index (κ3) is 5.00. The van der Waals surface area contributed by atoms with Gasteiger partial charge in [0, 0.05) is 13.1 Å². The van der Waals surface area contributed by atoms with Crippen molar-refractivity contribution in [1.29, 1.82) is 0 Å². The van der Waals surface area contributed by atoms with E-state index < -0.39 is 5.54 Å². The molecule has 4 nitrogen and oxygen atoms in total. The van der Waals surface area contributed by atoms with E-state index in [2.05, 4.69) is 77.4 Å². The standard InChI is InChI=1S/C30H36N2O2/c1-4-30(31(2)3,23-26-17-11-12-18-27(26)24-13-7-5-8-14-24)29(33)28(25-15-9-6-10-16-25)32-19-21-34-22-20-32/h5-18,28H,4,19-23H2,1-3H3. The number of Topliss-reactive ketones (excluding diaryl/α,β-unsaturated/α-hetero) is 1. The lowest BCUT2D eigenvalue weighted by Crippen LogP contribution is -2.57. The number of rotatable bonds is 9. The van der Waals surface area contributed by atoms with Gasteiger partial charge in [-0.2, -0.15) is 0 Å². The topological polar surface area (TPSA) is 32.8 Å². The number of ketones is 1. The first-order chi connectivity index (χ1) is 16.6. The van der Waals surface area contributed by atoms with Gasteiger partial charge in [0.05, 0.1) is 24.8 Å². The molecule has 1 heterocycles. The molecule has 3 aromatic rings. The third-order valence-corrected chi connectivity index (χ3v) is 7.26. The van der Waals surface area contributed by atoms with Gasteiger partial charge in [0.2, 0.25) is 0 Å². The second-order valence-corrected chi connectivity index (χ2v) is 9.31. The minimum absolute atomic E-state index is 0.260. The zero-order valence-corrected chi connectivity index (χ0v) is 20.6. The van der Waals surface area contributed by atoms with Crippen molar-refractivity contribution in [3.8, 4) is 11.1 Å². The number of benzene rings is 3. The van der Waals surface area contributed by atoms with E-state index in [0.717, 1.165) is 25.1 Å². The maximum absolute atomic E-state index is 14.7. The van der Waals surface area contributed by atoms with E-state index in [1.165, 1.54) is 16.7 Å². The van der Waals surface area contributed by atoms with Crippen LogP contribution in [0.3, 0.4) is 0 Å². The van der Waals surface area contributed by atoms with E-state index in [-0.39, 0.29) is 11.8 Å². The second-order valence-electron chi connectivity index (χ2n) is 9.31. The lowest BCUT2D eigenvalue weighted by Gasteiger charge is -2.44. The number of likely N-dealkylation sites (N-methyl/N-ethyl adjacent to an activating group) is 1. The largest absolute Gasteiger partial charge is 0.379 e. The van der Waals surface area contributed by atoms with E-state index in [1.54, 1.807) is 0 Å². The Bertz CT molecular complexity index is 1060. The molecule has 34 heavy (non-hydrogen) atoms. The second kappa shape index (κ2) is 11.1. The summed E-state index contributed by atoms with van der Waals surface area (Å²) in [5.74, 6) is 0.260. The summed E-state index contributed by atoms with van der Waals surface area (Å²) in [7, 11) is 4.10. The number of morpholine rings is 1. The van der Waals surface area contributed by atoms with Crippen LogP contribution >= 0.6 is 0 Å². The molecule has 0 bridgehead atoms. The number of carbonyl (C=O) groups excluding carboxylic acids is 1. The summed E-state index contributed by atoms with van der Waals surface area (Å²) in [4.78, 5) is 19.1. The van der Waals surface area contributed by atoms with E-state index in [4.69, 9.17) is 4.74 Å². The lowest BCUT2D eigenvalue weighted by molar-refractivity contribution is -0.138. The van der Waals surface area contributed by atoms with Crippen LogP contribution in [0.1, 0.15) is 30.5 Å². The first-order valence-electron chi connectivity index (χ1n) is 12.3. The number of ether oxygens (including phenoxy) is 1. The molecule has 2 unspecified atom stereocenters. The SMILES string of the molecule is CCC(Cc1ccccc1-c1ccccc1)(C(=O)C(c1ccccc1)N1CCOCC1)N(C)C.